The molecule has 1 aromatic heterocycles. The van der Waals surface area contributed by atoms with Crippen molar-refractivity contribution in [2.45, 2.75) is 0 Å². The molecular weight excluding hydrogens is 280 g/mol. The molecule has 2 heteroatoms. The maximum Gasteiger partial charge on any atom is 0.0462 e. The topological polar surface area (TPSA) is 0 Å². The first-order valence-corrected chi connectivity index (χ1v) is 8.79. The number of fused-ring (bicyclic) bond motifs is 3. The van der Waals surface area contributed by atoms with Crippen LogP contribution in [-0.2, 0) is 0 Å². The maximum absolute atomic E-state index is 2.26. The molecule has 0 nitrogen and oxygen atoms in total. The molecule has 0 saturated carbocycles. The summed E-state index contributed by atoms with van der Waals surface area (Å²) in [6, 6.07) is 22.1. The van der Waals surface area contributed by atoms with Crippen molar-refractivity contribution < 1.29 is 0 Å². The van der Waals surface area contributed by atoms with E-state index in [0.717, 1.165) is 0 Å². The van der Waals surface area contributed by atoms with Crippen LogP contribution in [0.5, 0.6) is 0 Å². The molecule has 5 aromatic rings. The highest BCUT2D eigenvalue weighted by atomic mass is 32.9. The SMILES string of the molecule is c1ccc2c(c1)c1cccc3ssc4cccc2c4c31. The predicted octanol–water partition coefficient (Wildman–Crippen LogP) is 6.42. The summed E-state index contributed by atoms with van der Waals surface area (Å²) in [5, 5.41) is 8.35. The molecule has 0 radical (unpaired) electrons. The number of rotatable bonds is 0. The Labute approximate surface area is 123 Å². The van der Waals surface area contributed by atoms with Gasteiger partial charge in [-0.3, -0.25) is 0 Å². The van der Waals surface area contributed by atoms with Gasteiger partial charge in [0, 0.05) is 20.2 Å². The van der Waals surface area contributed by atoms with E-state index in [4.69, 9.17) is 0 Å². The van der Waals surface area contributed by atoms with E-state index < -0.39 is 0 Å². The van der Waals surface area contributed by atoms with Gasteiger partial charge in [-0.1, -0.05) is 69.2 Å². The minimum absolute atomic E-state index is 1.36. The van der Waals surface area contributed by atoms with Crippen LogP contribution in [-0.4, -0.2) is 0 Å². The molecule has 0 aliphatic carbocycles. The zero-order valence-corrected chi connectivity index (χ0v) is 12.2. The molecular formula is C18H10S2. The first-order valence-electron chi connectivity index (χ1n) is 6.64. The second kappa shape index (κ2) is 3.81. The minimum Gasteiger partial charge on any atom is -0.0794 e. The lowest BCUT2D eigenvalue weighted by Crippen LogP contribution is -1.84. The monoisotopic (exact) mass is 290 g/mol. The first-order chi connectivity index (χ1) is 9.93. The average Bonchev–Trinajstić information content (AvgIpc) is 2.53. The van der Waals surface area contributed by atoms with Crippen LogP contribution >= 0.6 is 20.7 Å². The highest BCUT2D eigenvalue weighted by molar-refractivity contribution is 7.74. The van der Waals surface area contributed by atoms with E-state index in [-0.39, 0.29) is 0 Å². The van der Waals surface area contributed by atoms with E-state index in [0.29, 0.717) is 0 Å². The van der Waals surface area contributed by atoms with Gasteiger partial charge in [0.15, 0.2) is 0 Å². The Morgan fingerprint density at radius 3 is 1.40 bits per heavy atom. The molecule has 5 rings (SSSR count). The maximum atomic E-state index is 2.26. The molecule has 4 aromatic carbocycles. The van der Waals surface area contributed by atoms with Gasteiger partial charge in [0.25, 0.3) is 0 Å². The Balaban J connectivity index is 2.33. The molecule has 0 atom stereocenters. The van der Waals surface area contributed by atoms with Crippen molar-refractivity contribution in [3.8, 4) is 0 Å². The van der Waals surface area contributed by atoms with Gasteiger partial charge in [0.05, 0.1) is 0 Å². The lowest BCUT2D eigenvalue weighted by molar-refractivity contribution is 1.82. The zero-order valence-electron chi connectivity index (χ0n) is 10.6. The van der Waals surface area contributed by atoms with Crippen LogP contribution in [0.4, 0.5) is 0 Å². The summed E-state index contributed by atoms with van der Waals surface area (Å²) in [4.78, 5) is 0. The summed E-state index contributed by atoms with van der Waals surface area (Å²) >= 11 is 0. The van der Waals surface area contributed by atoms with Gasteiger partial charge in [-0.25, -0.2) is 0 Å². The molecule has 0 unspecified atom stereocenters. The highest BCUT2D eigenvalue weighted by Crippen LogP contribution is 2.43. The molecule has 0 amide bonds. The fraction of sp³-hybridized carbons (Fsp3) is 0. The van der Waals surface area contributed by atoms with E-state index in [1.54, 1.807) is 0 Å². The van der Waals surface area contributed by atoms with Crippen molar-refractivity contribution in [1.29, 1.82) is 0 Å². The van der Waals surface area contributed by atoms with Gasteiger partial charge < -0.3 is 0 Å². The van der Waals surface area contributed by atoms with E-state index in [1.165, 1.54) is 41.7 Å². The van der Waals surface area contributed by atoms with Crippen molar-refractivity contribution in [1.82, 2.24) is 0 Å². The van der Waals surface area contributed by atoms with Crippen LogP contribution in [0.15, 0.2) is 60.7 Å². The third-order valence-electron chi connectivity index (χ3n) is 4.03. The summed E-state index contributed by atoms with van der Waals surface area (Å²) < 4.78 is 2.78. The molecule has 94 valence electrons. The lowest BCUT2D eigenvalue weighted by atomic mass is 9.94. The molecule has 0 saturated heterocycles. The normalized spacial score (nSPS) is 12.0. The van der Waals surface area contributed by atoms with Crippen molar-refractivity contribution in [2.24, 2.45) is 0 Å². The van der Waals surface area contributed by atoms with Crippen LogP contribution in [0.2, 0.25) is 0 Å². The molecule has 0 N–H and O–H groups in total. The van der Waals surface area contributed by atoms with Gasteiger partial charge in [0.2, 0.25) is 0 Å². The third kappa shape index (κ3) is 1.25. The fourth-order valence-electron chi connectivity index (χ4n) is 3.21. The van der Waals surface area contributed by atoms with Gasteiger partial charge >= 0.3 is 0 Å². The summed E-state index contributed by atoms with van der Waals surface area (Å²) in [5.41, 5.74) is 0. The van der Waals surface area contributed by atoms with E-state index >= 15 is 0 Å². The molecule has 0 bridgehead atoms. The van der Waals surface area contributed by atoms with E-state index in [9.17, 15) is 0 Å². The summed E-state index contributed by atoms with van der Waals surface area (Å²) in [7, 11) is 3.76. The largest absolute Gasteiger partial charge is 0.0794 e. The minimum atomic E-state index is 1.36. The van der Waals surface area contributed by atoms with Crippen molar-refractivity contribution in [3.05, 3.63) is 60.7 Å². The van der Waals surface area contributed by atoms with Crippen LogP contribution in [0, 0.1) is 0 Å². The summed E-state index contributed by atoms with van der Waals surface area (Å²) in [6.07, 6.45) is 0. The predicted molar refractivity (Wildman–Crippen MR) is 92.2 cm³/mol. The van der Waals surface area contributed by atoms with Crippen molar-refractivity contribution >= 4 is 62.4 Å². The molecule has 0 fully saturated rings. The Morgan fingerprint density at radius 2 is 0.900 bits per heavy atom. The first kappa shape index (κ1) is 10.8. The fourth-order valence-corrected chi connectivity index (χ4v) is 5.62. The molecule has 0 aliphatic rings. The van der Waals surface area contributed by atoms with E-state index in [2.05, 4.69) is 60.7 Å². The molecule has 1 heterocycles. The number of hydrogen-bond donors (Lipinski definition) is 0. The van der Waals surface area contributed by atoms with Gasteiger partial charge in [0.1, 0.15) is 0 Å². The van der Waals surface area contributed by atoms with E-state index in [1.807, 2.05) is 20.7 Å². The average molecular weight is 290 g/mol. The Morgan fingerprint density at radius 1 is 0.450 bits per heavy atom. The highest BCUT2D eigenvalue weighted by Gasteiger charge is 2.12. The number of hydrogen-bond acceptors (Lipinski definition) is 2. The Hall–Kier alpha value is -1.90. The van der Waals surface area contributed by atoms with Crippen LogP contribution in [0.3, 0.4) is 0 Å². The Bertz CT molecular complexity index is 1010. The van der Waals surface area contributed by atoms with Gasteiger partial charge in [-0.15, -0.1) is 0 Å². The van der Waals surface area contributed by atoms with Gasteiger partial charge in [-0.05, 0) is 33.7 Å². The quantitative estimate of drug-likeness (QED) is 0.175. The van der Waals surface area contributed by atoms with Crippen LogP contribution < -0.4 is 0 Å². The summed E-state index contributed by atoms with van der Waals surface area (Å²) in [5.74, 6) is 0. The second-order valence-electron chi connectivity index (χ2n) is 5.07. The summed E-state index contributed by atoms with van der Waals surface area (Å²) in [6.45, 7) is 0. The van der Waals surface area contributed by atoms with Gasteiger partial charge in [-0.2, -0.15) is 0 Å². The molecule has 20 heavy (non-hydrogen) atoms. The molecule has 0 spiro atoms. The third-order valence-corrected chi connectivity index (χ3v) is 6.48. The Kier molecular flexibility index (Phi) is 2.07. The second-order valence-corrected chi connectivity index (χ2v) is 7.28. The lowest BCUT2D eigenvalue weighted by Gasteiger charge is -2.13. The standard InChI is InChI=1S/C18H10S2/c1-2-6-12-11(5-1)13-7-3-9-15-17(13)18-14(12)8-4-10-16(18)20-19-15/h1-10H. The van der Waals surface area contributed by atoms with Crippen molar-refractivity contribution in [2.75, 3.05) is 0 Å². The van der Waals surface area contributed by atoms with Crippen LogP contribution in [0.1, 0.15) is 0 Å². The van der Waals surface area contributed by atoms with Crippen LogP contribution in [0.25, 0.3) is 41.7 Å². The smallest absolute Gasteiger partial charge is 0.0462 e. The number of benzene rings is 4. The molecule has 0 aliphatic heterocycles. The zero-order chi connectivity index (χ0) is 13.1. The van der Waals surface area contributed by atoms with Crippen molar-refractivity contribution in [3.63, 3.8) is 0 Å².